The van der Waals surface area contributed by atoms with Gasteiger partial charge in [-0.25, -0.2) is 15.0 Å². The second-order valence-corrected chi connectivity index (χ2v) is 5.60. The molecule has 0 unspecified atom stereocenters. The number of halogens is 1. The van der Waals surface area contributed by atoms with Crippen molar-refractivity contribution in [3.8, 4) is 0 Å². The van der Waals surface area contributed by atoms with E-state index >= 15 is 0 Å². The van der Waals surface area contributed by atoms with E-state index in [2.05, 4.69) is 55.3 Å². The van der Waals surface area contributed by atoms with Crippen LogP contribution in [0.15, 0.2) is 41.1 Å². The average Bonchev–Trinajstić information content (AvgIpc) is 2.37. The van der Waals surface area contributed by atoms with Gasteiger partial charge in [-0.2, -0.15) is 0 Å². The van der Waals surface area contributed by atoms with Crippen LogP contribution in [-0.4, -0.2) is 15.0 Å². The van der Waals surface area contributed by atoms with E-state index in [4.69, 9.17) is 0 Å². The molecule has 2 heterocycles. The van der Waals surface area contributed by atoms with E-state index in [0.717, 1.165) is 27.1 Å². The monoisotopic (exact) mass is 328 g/mol. The SMILES string of the molecule is Cc1cc(Br)cc(Nc2ncnc3nc(C)ccc23)c1. The zero-order valence-corrected chi connectivity index (χ0v) is 12.8. The number of hydrogen-bond acceptors (Lipinski definition) is 4. The van der Waals surface area contributed by atoms with Crippen LogP contribution in [0.4, 0.5) is 11.5 Å². The van der Waals surface area contributed by atoms with Crippen molar-refractivity contribution in [3.63, 3.8) is 0 Å². The van der Waals surface area contributed by atoms with Gasteiger partial charge in [-0.1, -0.05) is 15.9 Å². The molecular weight excluding hydrogens is 316 g/mol. The number of hydrogen-bond donors (Lipinski definition) is 1. The van der Waals surface area contributed by atoms with Gasteiger partial charge in [0.2, 0.25) is 0 Å². The van der Waals surface area contributed by atoms with E-state index in [0.29, 0.717) is 5.65 Å². The maximum absolute atomic E-state index is 4.41. The fourth-order valence-corrected chi connectivity index (χ4v) is 2.69. The molecule has 2 aromatic heterocycles. The first-order chi connectivity index (χ1) is 9.61. The third-order valence-corrected chi connectivity index (χ3v) is 3.40. The van der Waals surface area contributed by atoms with Crippen LogP contribution in [0.2, 0.25) is 0 Å². The number of anilines is 2. The van der Waals surface area contributed by atoms with Crippen molar-refractivity contribution in [2.45, 2.75) is 13.8 Å². The number of nitrogens with one attached hydrogen (secondary N) is 1. The highest BCUT2D eigenvalue weighted by atomic mass is 79.9. The zero-order valence-electron chi connectivity index (χ0n) is 11.2. The summed E-state index contributed by atoms with van der Waals surface area (Å²) in [5.74, 6) is 0.764. The van der Waals surface area contributed by atoms with Crippen LogP contribution in [0.25, 0.3) is 11.0 Å². The van der Waals surface area contributed by atoms with Crippen LogP contribution >= 0.6 is 15.9 Å². The molecule has 0 aliphatic carbocycles. The Bertz CT molecular complexity index is 766. The molecule has 1 N–H and O–H groups in total. The molecule has 0 saturated heterocycles. The molecule has 0 bridgehead atoms. The molecule has 3 aromatic rings. The van der Waals surface area contributed by atoms with Crippen LogP contribution in [0.1, 0.15) is 11.3 Å². The van der Waals surface area contributed by atoms with Crippen LogP contribution in [0.3, 0.4) is 0 Å². The van der Waals surface area contributed by atoms with E-state index in [-0.39, 0.29) is 0 Å². The normalized spacial score (nSPS) is 10.8. The number of pyridine rings is 1. The summed E-state index contributed by atoms with van der Waals surface area (Å²) in [6, 6.07) is 10.1. The minimum atomic E-state index is 0.703. The summed E-state index contributed by atoms with van der Waals surface area (Å²) in [5, 5.41) is 4.24. The Morgan fingerprint density at radius 2 is 1.90 bits per heavy atom. The minimum Gasteiger partial charge on any atom is -0.340 e. The lowest BCUT2D eigenvalue weighted by Gasteiger charge is -2.09. The molecule has 3 rings (SSSR count). The summed E-state index contributed by atoms with van der Waals surface area (Å²) in [5.41, 5.74) is 3.81. The zero-order chi connectivity index (χ0) is 14.1. The first-order valence-electron chi connectivity index (χ1n) is 6.24. The third kappa shape index (κ3) is 2.63. The minimum absolute atomic E-state index is 0.703. The smallest absolute Gasteiger partial charge is 0.164 e. The molecule has 20 heavy (non-hydrogen) atoms. The summed E-state index contributed by atoms with van der Waals surface area (Å²) < 4.78 is 1.03. The Morgan fingerprint density at radius 3 is 2.70 bits per heavy atom. The highest BCUT2D eigenvalue weighted by Gasteiger charge is 2.06. The molecule has 0 amide bonds. The van der Waals surface area contributed by atoms with Gasteiger partial charge in [0.05, 0.1) is 5.39 Å². The quantitative estimate of drug-likeness (QED) is 0.767. The first kappa shape index (κ1) is 13.0. The molecule has 5 heteroatoms. The maximum Gasteiger partial charge on any atom is 0.164 e. The molecule has 0 radical (unpaired) electrons. The predicted molar refractivity (Wildman–Crippen MR) is 84.2 cm³/mol. The second kappa shape index (κ2) is 5.17. The molecular formula is C15H13BrN4. The number of nitrogens with zero attached hydrogens (tertiary/aromatic N) is 3. The number of benzene rings is 1. The lowest BCUT2D eigenvalue weighted by Crippen LogP contribution is -1.98. The molecule has 0 aliphatic heterocycles. The van der Waals surface area contributed by atoms with Gasteiger partial charge in [-0.3, -0.25) is 0 Å². The van der Waals surface area contributed by atoms with Crippen molar-refractivity contribution in [2.24, 2.45) is 0 Å². The van der Waals surface area contributed by atoms with Gasteiger partial charge in [0.25, 0.3) is 0 Å². The summed E-state index contributed by atoms with van der Waals surface area (Å²) >= 11 is 3.50. The maximum atomic E-state index is 4.41. The molecule has 100 valence electrons. The highest BCUT2D eigenvalue weighted by Crippen LogP contribution is 2.25. The number of aryl methyl sites for hydroxylation is 2. The van der Waals surface area contributed by atoms with Crippen LogP contribution in [-0.2, 0) is 0 Å². The Labute approximate surface area is 125 Å². The Hall–Kier alpha value is -2.01. The standard InChI is InChI=1S/C15H13BrN4/c1-9-5-11(16)7-12(6-9)20-15-13-4-3-10(2)19-14(13)17-8-18-15/h3-8H,1-2H3,(H,17,18,19,20). The molecule has 4 nitrogen and oxygen atoms in total. The highest BCUT2D eigenvalue weighted by molar-refractivity contribution is 9.10. The van der Waals surface area contributed by atoms with Gasteiger partial charge >= 0.3 is 0 Å². The van der Waals surface area contributed by atoms with Crippen molar-refractivity contribution in [1.82, 2.24) is 15.0 Å². The lowest BCUT2D eigenvalue weighted by atomic mass is 10.2. The largest absolute Gasteiger partial charge is 0.340 e. The van der Waals surface area contributed by atoms with Crippen molar-refractivity contribution in [2.75, 3.05) is 5.32 Å². The molecule has 0 spiro atoms. The summed E-state index contributed by atoms with van der Waals surface area (Å²) in [7, 11) is 0. The molecule has 0 atom stereocenters. The predicted octanol–water partition coefficient (Wildman–Crippen LogP) is 4.15. The fourth-order valence-electron chi connectivity index (χ4n) is 2.08. The van der Waals surface area contributed by atoms with E-state index in [1.165, 1.54) is 11.9 Å². The molecule has 0 saturated carbocycles. The average molecular weight is 329 g/mol. The van der Waals surface area contributed by atoms with Crippen LogP contribution < -0.4 is 5.32 Å². The summed E-state index contributed by atoms with van der Waals surface area (Å²) in [4.78, 5) is 12.9. The molecule has 0 fully saturated rings. The third-order valence-electron chi connectivity index (χ3n) is 2.94. The first-order valence-corrected chi connectivity index (χ1v) is 7.04. The van der Waals surface area contributed by atoms with Crippen molar-refractivity contribution in [1.29, 1.82) is 0 Å². The topological polar surface area (TPSA) is 50.7 Å². The fraction of sp³-hybridized carbons (Fsp3) is 0.133. The van der Waals surface area contributed by atoms with Gasteiger partial charge in [0.15, 0.2) is 5.65 Å². The number of rotatable bonds is 2. The van der Waals surface area contributed by atoms with E-state index < -0.39 is 0 Å². The number of fused-ring (bicyclic) bond motifs is 1. The van der Waals surface area contributed by atoms with Crippen LogP contribution in [0.5, 0.6) is 0 Å². The Kier molecular flexibility index (Phi) is 3.36. The Morgan fingerprint density at radius 1 is 1.05 bits per heavy atom. The van der Waals surface area contributed by atoms with Crippen molar-refractivity contribution >= 4 is 38.5 Å². The summed E-state index contributed by atoms with van der Waals surface area (Å²) in [6.45, 7) is 4.01. The number of aromatic nitrogens is 3. The van der Waals surface area contributed by atoms with Gasteiger partial charge in [0, 0.05) is 15.9 Å². The Balaban J connectivity index is 2.06. The molecule has 1 aromatic carbocycles. The van der Waals surface area contributed by atoms with Gasteiger partial charge in [-0.15, -0.1) is 0 Å². The lowest BCUT2D eigenvalue weighted by molar-refractivity contribution is 1.15. The van der Waals surface area contributed by atoms with Gasteiger partial charge in [-0.05, 0) is 49.7 Å². The van der Waals surface area contributed by atoms with E-state index in [9.17, 15) is 0 Å². The van der Waals surface area contributed by atoms with Gasteiger partial charge < -0.3 is 5.32 Å². The second-order valence-electron chi connectivity index (χ2n) is 4.69. The molecule has 0 aliphatic rings. The van der Waals surface area contributed by atoms with E-state index in [1.807, 2.05) is 25.1 Å². The van der Waals surface area contributed by atoms with Crippen molar-refractivity contribution in [3.05, 3.63) is 52.4 Å². The van der Waals surface area contributed by atoms with Crippen LogP contribution in [0, 0.1) is 13.8 Å². The van der Waals surface area contributed by atoms with Gasteiger partial charge in [0.1, 0.15) is 12.1 Å². The van der Waals surface area contributed by atoms with E-state index in [1.54, 1.807) is 0 Å². The summed E-state index contributed by atoms with van der Waals surface area (Å²) in [6.07, 6.45) is 1.53. The van der Waals surface area contributed by atoms with Crippen molar-refractivity contribution < 1.29 is 0 Å².